The molecule has 2 unspecified atom stereocenters. The van der Waals surface area contributed by atoms with E-state index in [0.717, 1.165) is 11.1 Å². The lowest BCUT2D eigenvalue weighted by Crippen LogP contribution is -2.46. The number of hydrogen-bond donors (Lipinski definition) is 4. The molecule has 0 spiro atoms. The Morgan fingerprint density at radius 3 is 1.97 bits per heavy atom. The zero-order chi connectivity index (χ0) is 23.2. The number of benzene rings is 2. The highest BCUT2D eigenvalue weighted by atomic mass is 33.2. The van der Waals surface area contributed by atoms with E-state index in [1.807, 2.05) is 60.7 Å². The molecule has 2 atom stereocenters. The van der Waals surface area contributed by atoms with E-state index in [4.69, 9.17) is 0 Å². The van der Waals surface area contributed by atoms with Crippen LogP contribution >= 0.6 is 20.0 Å². The molecule has 4 amide bonds. The largest absolute Gasteiger partial charge is 0.350 e. The fourth-order valence-electron chi connectivity index (χ4n) is 2.78. The monoisotopic (exact) mass is 476 g/mol. The van der Waals surface area contributed by atoms with Crippen LogP contribution in [0.1, 0.15) is 18.1 Å². The Morgan fingerprint density at radius 1 is 0.906 bits per heavy atom. The van der Waals surface area contributed by atoms with Crippen LogP contribution in [0.2, 0.25) is 0 Å². The SMILES string of the molecule is CCS(NC=O)(SCC(NC=O)C(=O)NCc1ccccc1)C(=O)NCc1ccccc1. The van der Waals surface area contributed by atoms with E-state index < -0.39 is 15.3 Å². The fourth-order valence-corrected chi connectivity index (χ4v) is 7.16. The van der Waals surface area contributed by atoms with Crippen LogP contribution in [0, 0.1) is 0 Å². The average molecular weight is 477 g/mol. The van der Waals surface area contributed by atoms with Crippen LogP contribution in [0.3, 0.4) is 0 Å². The van der Waals surface area contributed by atoms with Gasteiger partial charge in [0.25, 0.3) is 5.24 Å². The van der Waals surface area contributed by atoms with Crippen molar-refractivity contribution in [1.82, 2.24) is 20.7 Å². The molecule has 172 valence electrons. The van der Waals surface area contributed by atoms with Crippen molar-refractivity contribution in [2.24, 2.45) is 0 Å². The second kappa shape index (κ2) is 13.4. The van der Waals surface area contributed by atoms with Crippen molar-refractivity contribution >= 4 is 44.0 Å². The highest BCUT2D eigenvalue weighted by Gasteiger charge is 2.33. The van der Waals surface area contributed by atoms with Gasteiger partial charge in [0.2, 0.25) is 18.7 Å². The molecule has 0 saturated carbocycles. The van der Waals surface area contributed by atoms with E-state index in [1.54, 1.807) is 6.92 Å². The highest BCUT2D eigenvalue weighted by molar-refractivity contribution is 8.99. The molecule has 2 rings (SSSR count). The smallest absolute Gasteiger partial charge is 0.287 e. The number of rotatable bonds is 13. The average Bonchev–Trinajstić information content (AvgIpc) is 2.84. The van der Waals surface area contributed by atoms with Crippen LogP contribution in [0.5, 0.6) is 0 Å². The van der Waals surface area contributed by atoms with Gasteiger partial charge < -0.3 is 20.7 Å². The highest BCUT2D eigenvalue weighted by Crippen LogP contribution is 2.56. The number of nitrogens with one attached hydrogen (secondary N) is 4. The Kier molecular flexibility index (Phi) is 10.6. The molecule has 8 nitrogen and oxygen atoms in total. The number of carbonyl (C=O) groups excluding carboxylic acids is 4. The summed E-state index contributed by atoms with van der Waals surface area (Å²) in [5, 5.41) is 7.87. The summed E-state index contributed by atoms with van der Waals surface area (Å²) in [6.45, 7) is 2.44. The molecule has 2 aromatic carbocycles. The molecular weight excluding hydrogens is 448 g/mol. The summed E-state index contributed by atoms with van der Waals surface area (Å²) in [4.78, 5) is 48.0. The molecule has 0 aliphatic carbocycles. The number of hydrogen-bond acceptors (Lipinski definition) is 5. The zero-order valence-electron chi connectivity index (χ0n) is 17.8. The van der Waals surface area contributed by atoms with Crippen molar-refractivity contribution in [2.75, 3.05) is 11.5 Å². The van der Waals surface area contributed by atoms with E-state index in [2.05, 4.69) is 20.7 Å². The minimum Gasteiger partial charge on any atom is -0.350 e. The maximum atomic E-state index is 13.0. The van der Waals surface area contributed by atoms with Gasteiger partial charge in [-0.1, -0.05) is 78.4 Å². The Labute approximate surface area is 193 Å². The molecule has 32 heavy (non-hydrogen) atoms. The lowest BCUT2D eigenvalue weighted by molar-refractivity contribution is -0.124. The molecule has 10 heteroatoms. The third-order valence-corrected chi connectivity index (χ3v) is 10.5. The Balaban J connectivity index is 2.02. The summed E-state index contributed by atoms with van der Waals surface area (Å²) in [6.07, 6.45) is 0.963. The van der Waals surface area contributed by atoms with E-state index in [0.29, 0.717) is 31.7 Å². The van der Waals surface area contributed by atoms with Gasteiger partial charge >= 0.3 is 0 Å². The van der Waals surface area contributed by atoms with Gasteiger partial charge in [0.05, 0.1) is 0 Å². The maximum absolute atomic E-state index is 13.0. The van der Waals surface area contributed by atoms with Crippen molar-refractivity contribution < 1.29 is 19.2 Å². The lowest BCUT2D eigenvalue weighted by atomic mass is 10.2. The van der Waals surface area contributed by atoms with Gasteiger partial charge in [-0.25, -0.2) is 0 Å². The van der Waals surface area contributed by atoms with E-state index >= 15 is 0 Å². The molecule has 2 aromatic rings. The Bertz CT molecular complexity index is 886. The van der Waals surface area contributed by atoms with E-state index in [-0.39, 0.29) is 16.9 Å². The maximum Gasteiger partial charge on any atom is 0.287 e. The van der Waals surface area contributed by atoms with Crippen molar-refractivity contribution in [3.8, 4) is 0 Å². The third-order valence-electron chi connectivity index (χ3n) is 4.56. The summed E-state index contributed by atoms with van der Waals surface area (Å²) in [6, 6.07) is 18.0. The molecule has 0 aliphatic heterocycles. The van der Waals surface area contributed by atoms with Crippen LogP contribution in [-0.4, -0.2) is 41.5 Å². The van der Waals surface area contributed by atoms with E-state index in [9.17, 15) is 19.2 Å². The fraction of sp³-hybridized carbons (Fsp3) is 0.273. The molecule has 4 N–H and O–H groups in total. The molecule has 0 aromatic heterocycles. The number of carbonyl (C=O) groups is 4. The van der Waals surface area contributed by atoms with Crippen molar-refractivity contribution in [2.45, 2.75) is 26.1 Å². The van der Waals surface area contributed by atoms with Crippen molar-refractivity contribution in [1.29, 1.82) is 0 Å². The second-order valence-corrected chi connectivity index (χ2v) is 12.2. The van der Waals surface area contributed by atoms with Crippen LogP contribution in [0.4, 0.5) is 4.79 Å². The quantitative estimate of drug-likeness (QED) is 0.262. The van der Waals surface area contributed by atoms with Gasteiger partial charge in [-0.05, 0) is 20.4 Å². The number of amides is 4. The van der Waals surface area contributed by atoms with Crippen LogP contribution < -0.4 is 20.7 Å². The van der Waals surface area contributed by atoms with E-state index in [1.165, 1.54) is 10.8 Å². The molecule has 0 saturated heterocycles. The molecular formula is C22H28N4O4S2. The summed E-state index contributed by atoms with van der Waals surface area (Å²) >= 11 is 0. The summed E-state index contributed by atoms with van der Waals surface area (Å²) in [5.74, 6) is 0.132. The predicted molar refractivity (Wildman–Crippen MR) is 130 cm³/mol. The van der Waals surface area contributed by atoms with Crippen LogP contribution in [0.25, 0.3) is 0 Å². The summed E-state index contributed by atoms with van der Waals surface area (Å²) in [5.41, 5.74) is 1.86. The summed E-state index contributed by atoms with van der Waals surface area (Å²) in [7, 11) is -1.15. The Morgan fingerprint density at radius 2 is 1.47 bits per heavy atom. The topological polar surface area (TPSA) is 116 Å². The standard InChI is InChI=1S/C22H28N4O4S2/c1-2-32(26-17-28,22(30)24-14-19-11-7-4-8-12-19)31-15-20(25-16-27)21(29)23-13-18-9-5-3-6-10-18/h3-12,16-17,20H,2,13-15H2,1H3,(H,23,29)(H,24,30)(H,25,27)(H,26,28). The predicted octanol–water partition coefficient (Wildman–Crippen LogP) is 2.46. The second-order valence-electron chi connectivity index (χ2n) is 6.65. The van der Waals surface area contributed by atoms with Gasteiger partial charge in [0.15, 0.2) is 0 Å². The van der Waals surface area contributed by atoms with Crippen molar-refractivity contribution in [3.63, 3.8) is 0 Å². The van der Waals surface area contributed by atoms with Gasteiger partial charge in [-0.3, -0.25) is 19.2 Å². The molecule has 0 radical (unpaired) electrons. The molecule has 0 bridgehead atoms. The van der Waals surface area contributed by atoms with Crippen molar-refractivity contribution in [3.05, 3.63) is 71.8 Å². The van der Waals surface area contributed by atoms with Gasteiger partial charge in [-0.15, -0.1) is 0 Å². The normalized spacial score (nSPS) is 14.2. The van der Waals surface area contributed by atoms with Crippen LogP contribution in [-0.2, 0) is 27.5 Å². The molecule has 0 aliphatic rings. The first-order valence-electron chi connectivity index (χ1n) is 10.0. The lowest BCUT2D eigenvalue weighted by Gasteiger charge is -2.36. The third kappa shape index (κ3) is 7.61. The van der Waals surface area contributed by atoms with Crippen LogP contribution in [0.15, 0.2) is 60.7 Å². The van der Waals surface area contributed by atoms with Gasteiger partial charge in [0.1, 0.15) is 6.04 Å². The van der Waals surface area contributed by atoms with Gasteiger partial charge in [0, 0.05) is 24.6 Å². The first-order valence-corrected chi connectivity index (χ1v) is 13.3. The first-order chi connectivity index (χ1) is 15.5. The summed E-state index contributed by atoms with van der Waals surface area (Å²) < 4.78 is 2.68. The molecule has 0 fully saturated rings. The van der Waals surface area contributed by atoms with Gasteiger partial charge in [-0.2, -0.15) is 0 Å². The minimum atomic E-state index is -2.33. The zero-order valence-corrected chi connectivity index (χ0v) is 19.4. The Hall–Kier alpha value is -2.98. The minimum absolute atomic E-state index is 0.127. The molecule has 0 heterocycles. The first kappa shape index (κ1) is 25.3.